The maximum absolute atomic E-state index is 2.44. The molecule has 2 aliphatic carbocycles. The van der Waals surface area contributed by atoms with Crippen LogP contribution in [0.5, 0.6) is 0 Å². The van der Waals surface area contributed by atoms with Crippen molar-refractivity contribution in [2.75, 3.05) is 0 Å². The largest absolute Gasteiger partial charge is 0.0795 e. The van der Waals surface area contributed by atoms with Crippen molar-refractivity contribution in [1.82, 2.24) is 0 Å². The Morgan fingerprint density at radius 2 is 1.40 bits per heavy atom. The first-order chi connectivity index (χ1) is 14.6. The predicted octanol–water partition coefficient (Wildman–Crippen LogP) is 8.02. The van der Waals surface area contributed by atoms with Crippen LogP contribution in [0.2, 0.25) is 0 Å². The minimum Gasteiger partial charge on any atom is -0.0795 e. The first-order valence-electron chi connectivity index (χ1n) is 10.8. The molecule has 0 heteroatoms. The molecule has 0 aromatic heterocycles. The molecule has 2 aliphatic rings. The fourth-order valence-electron chi connectivity index (χ4n) is 5.84. The molecule has 0 heterocycles. The standard InChI is InChI=1S/C30H22/c1-30(2)26-13-11-19-9-5-8-18-10-12-24(29(26)28(18)19)25-16-22-14-20-6-3-4-7-21(20)15-23(22)17-27(25)30/h3-7,9-17H,8H2,1-2H3. The molecular formula is C30H22. The molecule has 0 fully saturated rings. The lowest BCUT2D eigenvalue weighted by Gasteiger charge is -2.36. The van der Waals surface area contributed by atoms with Crippen molar-refractivity contribution in [2.45, 2.75) is 25.7 Å². The third-order valence-corrected chi connectivity index (χ3v) is 7.39. The zero-order chi connectivity index (χ0) is 20.0. The Labute approximate surface area is 176 Å². The fraction of sp³-hybridized carbons (Fsp3) is 0.133. The van der Waals surface area contributed by atoms with E-state index in [0.29, 0.717) is 0 Å². The summed E-state index contributed by atoms with van der Waals surface area (Å²) in [5.74, 6) is 0. The van der Waals surface area contributed by atoms with E-state index in [-0.39, 0.29) is 5.41 Å². The molecule has 0 saturated carbocycles. The van der Waals surface area contributed by atoms with E-state index in [1.165, 1.54) is 65.7 Å². The number of rotatable bonds is 0. The molecule has 5 aromatic rings. The molecule has 30 heavy (non-hydrogen) atoms. The highest BCUT2D eigenvalue weighted by atomic mass is 14.4. The van der Waals surface area contributed by atoms with Crippen LogP contribution in [0, 0.1) is 0 Å². The summed E-state index contributed by atoms with van der Waals surface area (Å²) >= 11 is 0. The van der Waals surface area contributed by atoms with Gasteiger partial charge in [-0.25, -0.2) is 0 Å². The van der Waals surface area contributed by atoms with Gasteiger partial charge in [-0.05, 0) is 96.4 Å². The monoisotopic (exact) mass is 382 g/mol. The van der Waals surface area contributed by atoms with Gasteiger partial charge in [0.05, 0.1) is 0 Å². The average molecular weight is 383 g/mol. The summed E-state index contributed by atoms with van der Waals surface area (Å²) in [7, 11) is 0. The van der Waals surface area contributed by atoms with E-state index in [0.717, 1.165) is 6.42 Å². The highest BCUT2D eigenvalue weighted by Crippen LogP contribution is 2.51. The number of hydrogen-bond donors (Lipinski definition) is 0. The molecule has 0 atom stereocenters. The van der Waals surface area contributed by atoms with Crippen LogP contribution in [0.25, 0.3) is 49.5 Å². The molecule has 5 aromatic carbocycles. The molecule has 0 spiro atoms. The summed E-state index contributed by atoms with van der Waals surface area (Å²) in [5, 5.41) is 8.20. The van der Waals surface area contributed by atoms with Crippen molar-refractivity contribution in [3.63, 3.8) is 0 Å². The Morgan fingerprint density at radius 1 is 0.633 bits per heavy atom. The SMILES string of the molecule is CC1(C)c2cc3cc4ccccc4cc3cc2-c2ccc3c4c(ccc1c24)C=CC3. The number of fused-ring (bicyclic) bond motifs is 4. The minimum absolute atomic E-state index is 0.0273. The van der Waals surface area contributed by atoms with Gasteiger partial charge in [-0.2, -0.15) is 0 Å². The molecule has 0 unspecified atom stereocenters. The zero-order valence-corrected chi connectivity index (χ0v) is 17.3. The van der Waals surface area contributed by atoms with Crippen molar-refractivity contribution in [1.29, 1.82) is 0 Å². The average Bonchev–Trinajstić information content (AvgIpc) is 2.77. The van der Waals surface area contributed by atoms with Gasteiger partial charge in [-0.15, -0.1) is 0 Å². The molecule has 0 aliphatic heterocycles. The summed E-state index contributed by atoms with van der Waals surface area (Å²) in [6.45, 7) is 4.79. The second kappa shape index (κ2) is 5.40. The van der Waals surface area contributed by atoms with Crippen LogP contribution in [0.15, 0.2) is 78.9 Å². The van der Waals surface area contributed by atoms with Crippen LogP contribution < -0.4 is 0 Å². The van der Waals surface area contributed by atoms with E-state index >= 15 is 0 Å². The third kappa shape index (κ3) is 1.96. The minimum atomic E-state index is -0.0273. The molecular weight excluding hydrogens is 360 g/mol. The molecule has 0 N–H and O–H groups in total. The van der Waals surface area contributed by atoms with Crippen LogP contribution in [0.3, 0.4) is 0 Å². The van der Waals surface area contributed by atoms with Crippen LogP contribution in [-0.2, 0) is 11.8 Å². The van der Waals surface area contributed by atoms with E-state index in [1.54, 1.807) is 0 Å². The number of hydrogen-bond acceptors (Lipinski definition) is 0. The van der Waals surface area contributed by atoms with Gasteiger partial charge in [0.15, 0.2) is 0 Å². The summed E-state index contributed by atoms with van der Waals surface area (Å²) in [4.78, 5) is 0. The van der Waals surface area contributed by atoms with Crippen LogP contribution in [-0.4, -0.2) is 0 Å². The normalized spacial score (nSPS) is 15.7. The summed E-state index contributed by atoms with van der Waals surface area (Å²) < 4.78 is 0. The maximum atomic E-state index is 2.44. The second-order valence-corrected chi connectivity index (χ2v) is 9.40. The summed E-state index contributed by atoms with van der Waals surface area (Å²) in [6.07, 6.45) is 5.62. The van der Waals surface area contributed by atoms with E-state index in [4.69, 9.17) is 0 Å². The Bertz CT molecular complexity index is 1580. The van der Waals surface area contributed by atoms with Gasteiger partial charge in [-0.3, -0.25) is 0 Å². The van der Waals surface area contributed by atoms with E-state index in [2.05, 4.69) is 98.8 Å². The van der Waals surface area contributed by atoms with Crippen molar-refractivity contribution in [3.8, 4) is 11.1 Å². The van der Waals surface area contributed by atoms with Gasteiger partial charge in [0.25, 0.3) is 0 Å². The highest BCUT2D eigenvalue weighted by molar-refractivity contribution is 6.10. The smallest absolute Gasteiger partial charge is 0.0159 e. The van der Waals surface area contributed by atoms with Crippen LogP contribution in [0.1, 0.15) is 36.1 Å². The summed E-state index contributed by atoms with van der Waals surface area (Å²) in [6, 6.07) is 27.7. The van der Waals surface area contributed by atoms with Crippen molar-refractivity contribution in [2.24, 2.45) is 0 Å². The van der Waals surface area contributed by atoms with E-state index in [1.807, 2.05) is 0 Å². The van der Waals surface area contributed by atoms with Crippen molar-refractivity contribution in [3.05, 3.63) is 101 Å². The highest BCUT2D eigenvalue weighted by Gasteiger charge is 2.34. The summed E-state index contributed by atoms with van der Waals surface area (Å²) in [5.41, 5.74) is 8.48. The number of benzene rings is 5. The van der Waals surface area contributed by atoms with E-state index in [9.17, 15) is 0 Å². The Kier molecular flexibility index (Phi) is 2.96. The van der Waals surface area contributed by atoms with Crippen LogP contribution in [0.4, 0.5) is 0 Å². The lowest BCUT2D eigenvalue weighted by Crippen LogP contribution is -2.24. The van der Waals surface area contributed by atoms with Crippen molar-refractivity contribution >= 4 is 38.4 Å². The third-order valence-electron chi connectivity index (χ3n) is 7.39. The van der Waals surface area contributed by atoms with Gasteiger partial charge >= 0.3 is 0 Å². The maximum Gasteiger partial charge on any atom is 0.0159 e. The van der Waals surface area contributed by atoms with E-state index < -0.39 is 0 Å². The second-order valence-electron chi connectivity index (χ2n) is 9.40. The van der Waals surface area contributed by atoms with Gasteiger partial charge in [0.1, 0.15) is 0 Å². The topological polar surface area (TPSA) is 0 Å². The molecule has 0 saturated heterocycles. The molecule has 0 amide bonds. The Morgan fingerprint density at radius 3 is 2.20 bits per heavy atom. The van der Waals surface area contributed by atoms with Gasteiger partial charge in [0.2, 0.25) is 0 Å². The Hall–Kier alpha value is -3.38. The van der Waals surface area contributed by atoms with Crippen LogP contribution >= 0.6 is 0 Å². The van der Waals surface area contributed by atoms with Crippen molar-refractivity contribution < 1.29 is 0 Å². The molecule has 7 rings (SSSR count). The lowest BCUT2D eigenvalue weighted by molar-refractivity contribution is 0.646. The molecule has 0 bridgehead atoms. The van der Waals surface area contributed by atoms with Gasteiger partial charge in [-0.1, -0.05) is 74.5 Å². The quantitative estimate of drug-likeness (QED) is 0.238. The first-order valence-corrected chi connectivity index (χ1v) is 10.8. The Balaban J connectivity index is 1.65. The van der Waals surface area contributed by atoms with Gasteiger partial charge in [0, 0.05) is 5.41 Å². The first kappa shape index (κ1) is 16.4. The predicted molar refractivity (Wildman–Crippen MR) is 129 cm³/mol. The lowest BCUT2D eigenvalue weighted by atomic mass is 9.67. The van der Waals surface area contributed by atoms with Gasteiger partial charge < -0.3 is 0 Å². The number of allylic oxidation sites excluding steroid dienone is 1. The fourth-order valence-corrected chi connectivity index (χ4v) is 5.84. The molecule has 0 radical (unpaired) electrons. The zero-order valence-electron chi connectivity index (χ0n) is 17.3. The molecule has 142 valence electrons. The molecule has 0 nitrogen and oxygen atoms in total.